The number of rotatable bonds is 6. The molecule has 1 amide bonds. The smallest absolute Gasteiger partial charge is 0.311 e. The third kappa shape index (κ3) is 4.22. The summed E-state index contributed by atoms with van der Waals surface area (Å²) in [6, 6.07) is 10.2. The van der Waals surface area contributed by atoms with Gasteiger partial charge in [0.05, 0.1) is 11.0 Å². The van der Waals surface area contributed by atoms with Gasteiger partial charge in [-0.1, -0.05) is 26.0 Å². The summed E-state index contributed by atoms with van der Waals surface area (Å²) in [7, 11) is 0. The van der Waals surface area contributed by atoms with Crippen molar-refractivity contribution in [3.8, 4) is 5.69 Å². The van der Waals surface area contributed by atoms with Crippen LogP contribution in [0, 0.1) is 19.3 Å². The number of aromatic nitrogens is 1. The van der Waals surface area contributed by atoms with Gasteiger partial charge in [-0.15, -0.1) is 0 Å². The van der Waals surface area contributed by atoms with Crippen molar-refractivity contribution in [2.24, 2.45) is 5.41 Å². The van der Waals surface area contributed by atoms with E-state index in [4.69, 9.17) is 4.74 Å². The zero-order chi connectivity index (χ0) is 21.2. The van der Waals surface area contributed by atoms with Crippen molar-refractivity contribution < 1.29 is 19.4 Å². The van der Waals surface area contributed by atoms with E-state index in [2.05, 4.69) is 35.9 Å². The minimum absolute atomic E-state index is 0.108. The molecule has 1 saturated heterocycles. The molecule has 2 heterocycles. The molecule has 156 valence electrons. The summed E-state index contributed by atoms with van der Waals surface area (Å²) in [5.74, 6) is -0.700. The summed E-state index contributed by atoms with van der Waals surface area (Å²) in [5.41, 5.74) is 3.70. The molecule has 29 heavy (non-hydrogen) atoms. The lowest BCUT2D eigenvalue weighted by atomic mass is 9.80. The molecule has 3 rings (SSSR count). The van der Waals surface area contributed by atoms with Crippen LogP contribution in [-0.2, 0) is 9.53 Å². The molecule has 1 aliphatic heterocycles. The maximum absolute atomic E-state index is 12.9. The zero-order valence-corrected chi connectivity index (χ0v) is 17.6. The van der Waals surface area contributed by atoms with Crippen molar-refractivity contribution in [1.82, 2.24) is 9.88 Å². The van der Waals surface area contributed by atoms with Crippen LogP contribution in [0.25, 0.3) is 5.69 Å². The van der Waals surface area contributed by atoms with E-state index in [-0.39, 0.29) is 12.5 Å². The first-order valence-corrected chi connectivity index (χ1v) is 10.1. The van der Waals surface area contributed by atoms with Crippen LogP contribution in [0.5, 0.6) is 0 Å². The van der Waals surface area contributed by atoms with Gasteiger partial charge in [-0.2, -0.15) is 0 Å². The Morgan fingerprint density at radius 1 is 1.21 bits per heavy atom. The molecule has 1 aromatic heterocycles. The Labute approximate surface area is 171 Å². The fourth-order valence-electron chi connectivity index (χ4n) is 3.99. The summed E-state index contributed by atoms with van der Waals surface area (Å²) in [6.45, 7) is 9.13. The van der Waals surface area contributed by atoms with E-state index < -0.39 is 11.4 Å². The number of carboxylic acids is 1. The van der Waals surface area contributed by atoms with Crippen molar-refractivity contribution in [1.29, 1.82) is 0 Å². The lowest BCUT2D eigenvalue weighted by Gasteiger charge is -2.33. The van der Waals surface area contributed by atoms with Gasteiger partial charge in [0.2, 0.25) is 0 Å². The van der Waals surface area contributed by atoms with E-state index in [1.807, 2.05) is 32.0 Å². The highest BCUT2D eigenvalue weighted by Crippen LogP contribution is 2.30. The number of nitrogens with zero attached hydrogens (tertiary/aromatic N) is 1. The monoisotopic (exact) mass is 398 g/mol. The van der Waals surface area contributed by atoms with Gasteiger partial charge in [-0.05, 0) is 56.4 Å². The number of nitrogens with one attached hydrogen (secondary N) is 1. The maximum atomic E-state index is 12.9. The molecule has 2 N–H and O–H groups in total. The van der Waals surface area contributed by atoms with Gasteiger partial charge in [0, 0.05) is 36.8 Å². The van der Waals surface area contributed by atoms with Crippen LogP contribution in [0.1, 0.15) is 59.9 Å². The van der Waals surface area contributed by atoms with Crippen LogP contribution in [0.2, 0.25) is 0 Å². The average Bonchev–Trinajstić information content (AvgIpc) is 3.01. The summed E-state index contributed by atoms with van der Waals surface area (Å²) in [6.07, 6.45) is 0.813. The second-order valence-corrected chi connectivity index (χ2v) is 8.25. The number of ether oxygens (including phenoxy) is 1. The van der Waals surface area contributed by atoms with Crippen LogP contribution in [0.4, 0.5) is 0 Å². The average molecular weight is 399 g/mol. The first-order valence-electron chi connectivity index (χ1n) is 10.1. The molecular formula is C23H30N2O4. The zero-order valence-electron chi connectivity index (χ0n) is 17.6. The number of carboxylic acid groups (broad SMARTS) is 1. The number of benzene rings is 1. The number of hydrogen-bond donors (Lipinski definition) is 2. The number of carbonyl (C=O) groups excluding carboxylic acids is 1. The maximum Gasteiger partial charge on any atom is 0.311 e. The van der Waals surface area contributed by atoms with Gasteiger partial charge in [0.15, 0.2) is 0 Å². The quantitative estimate of drug-likeness (QED) is 0.775. The van der Waals surface area contributed by atoms with Crippen molar-refractivity contribution in [2.75, 3.05) is 19.8 Å². The highest BCUT2D eigenvalue weighted by molar-refractivity contribution is 5.96. The Hall–Kier alpha value is -2.60. The molecule has 6 nitrogen and oxygen atoms in total. The van der Waals surface area contributed by atoms with Crippen molar-refractivity contribution in [3.05, 3.63) is 52.8 Å². The largest absolute Gasteiger partial charge is 0.481 e. The number of amides is 1. The molecule has 0 spiro atoms. The Morgan fingerprint density at radius 3 is 2.52 bits per heavy atom. The van der Waals surface area contributed by atoms with E-state index in [0.29, 0.717) is 37.5 Å². The first kappa shape index (κ1) is 21.1. The standard InChI is InChI=1S/C23H30N2O4/c1-15(2)18-6-5-7-19(13-18)25-16(3)12-20(17(25)4)21(26)24-14-23(22(27)28)8-10-29-11-9-23/h5-7,12-13,15H,8-11,14H2,1-4H3,(H,24,26)(H,27,28). The van der Waals surface area contributed by atoms with Gasteiger partial charge >= 0.3 is 5.97 Å². The summed E-state index contributed by atoms with van der Waals surface area (Å²) in [5, 5.41) is 12.5. The molecule has 0 bridgehead atoms. The number of carbonyl (C=O) groups is 2. The predicted octanol–water partition coefficient (Wildman–Crippen LogP) is 3.83. The fourth-order valence-corrected chi connectivity index (χ4v) is 3.99. The molecule has 2 aromatic rings. The van der Waals surface area contributed by atoms with Gasteiger partial charge in [0.25, 0.3) is 5.91 Å². The summed E-state index contributed by atoms with van der Waals surface area (Å²) in [4.78, 5) is 24.7. The predicted molar refractivity (Wildman–Crippen MR) is 112 cm³/mol. The molecule has 1 fully saturated rings. The van der Waals surface area contributed by atoms with Crippen LogP contribution >= 0.6 is 0 Å². The van der Waals surface area contributed by atoms with Crippen molar-refractivity contribution >= 4 is 11.9 Å². The highest BCUT2D eigenvalue weighted by atomic mass is 16.5. The van der Waals surface area contributed by atoms with Crippen LogP contribution < -0.4 is 5.32 Å². The Morgan fingerprint density at radius 2 is 1.90 bits per heavy atom. The molecule has 0 radical (unpaired) electrons. The molecule has 0 aliphatic carbocycles. The molecular weight excluding hydrogens is 368 g/mol. The van der Waals surface area contributed by atoms with E-state index in [9.17, 15) is 14.7 Å². The number of aliphatic carboxylic acids is 1. The second-order valence-electron chi connectivity index (χ2n) is 8.25. The van der Waals surface area contributed by atoms with Gasteiger partial charge in [0.1, 0.15) is 0 Å². The molecule has 0 unspecified atom stereocenters. The van der Waals surface area contributed by atoms with Gasteiger partial charge in [-0.3, -0.25) is 9.59 Å². The van der Waals surface area contributed by atoms with E-state index >= 15 is 0 Å². The Balaban J connectivity index is 1.83. The third-order valence-corrected chi connectivity index (χ3v) is 5.96. The third-order valence-electron chi connectivity index (χ3n) is 5.96. The number of hydrogen-bond acceptors (Lipinski definition) is 3. The summed E-state index contributed by atoms with van der Waals surface area (Å²) < 4.78 is 7.37. The molecule has 1 aliphatic rings. The lowest BCUT2D eigenvalue weighted by Crippen LogP contribution is -2.46. The van der Waals surface area contributed by atoms with Crippen LogP contribution in [-0.4, -0.2) is 41.3 Å². The SMILES string of the molecule is Cc1cc(C(=O)NCC2(C(=O)O)CCOCC2)c(C)n1-c1cccc(C(C)C)c1. The molecule has 0 atom stereocenters. The number of aryl methyl sites for hydroxylation is 1. The molecule has 6 heteroatoms. The van der Waals surface area contributed by atoms with Crippen molar-refractivity contribution in [3.63, 3.8) is 0 Å². The molecule has 0 saturated carbocycles. The normalized spacial score (nSPS) is 16.0. The van der Waals surface area contributed by atoms with Crippen LogP contribution in [0.15, 0.2) is 30.3 Å². The Kier molecular flexibility index (Phi) is 6.13. The van der Waals surface area contributed by atoms with E-state index in [1.54, 1.807) is 0 Å². The van der Waals surface area contributed by atoms with Crippen LogP contribution in [0.3, 0.4) is 0 Å². The van der Waals surface area contributed by atoms with E-state index in [0.717, 1.165) is 17.1 Å². The minimum atomic E-state index is -0.953. The minimum Gasteiger partial charge on any atom is -0.481 e. The van der Waals surface area contributed by atoms with E-state index in [1.165, 1.54) is 5.56 Å². The first-order chi connectivity index (χ1) is 13.7. The van der Waals surface area contributed by atoms with Gasteiger partial charge in [-0.25, -0.2) is 0 Å². The fraction of sp³-hybridized carbons (Fsp3) is 0.478. The Bertz CT molecular complexity index is 908. The highest BCUT2D eigenvalue weighted by Gasteiger charge is 2.40. The van der Waals surface area contributed by atoms with Gasteiger partial charge < -0.3 is 19.7 Å². The topological polar surface area (TPSA) is 80.6 Å². The summed E-state index contributed by atoms with van der Waals surface area (Å²) >= 11 is 0. The molecule has 1 aromatic carbocycles. The lowest BCUT2D eigenvalue weighted by molar-refractivity contribution is -0.154. The second kappa shape index (κ2) is 8.41. The van der Waals surface area contributed by atoms with Crippen molar-refractivity contribution in [2.45, 2.75) is 46.5 Å².